The van der Waals surface area contributed by atoms with E-state index in [9.17, 15) is 4.79 Å². The minimum absolute atomic E-state index is 0.219. The molecule has 0 fully saturated rings. The van der Waals surface area contributed by atoms with E-state index in [1.165, 1.54) is 11.8 Å². The highest BCUT2D eigenvalue weighted by Crippen LogP contribution is 2.38. The summed E-state index contributed by atoms with van der Waals surface area (Å²) in [7, 11) is 0. The SMILES string of the molecule is CCC(Oc1c(Cl)cc(Cl)cc1Cl)SCc1n[nH]c(=O)o1. The van der Waals surface area contributed by atoms with Gasteiger partial charge in [0.2, 0.25) is 5.89 Å². The molecule has 114 valence electrons. The van der Waals surface area contributed by atoms with Crippen LogP contribution in [0.2, 0.25) is 15.1 Å². The fourth-order valence-corrected chi connectivity index (χ4v) is 3.25. The molecule has 0 saturated heterocycles. The molecule has 1 N–H and O–H groups in total. The number of hydrogen-bond donors (Lipinski definition) is 1. The molecule has 0 saturated carbocycles. The van der Waals surface area contributed by atoms with Gasteiger partial charge >= 0.3 is 5.76 Å². The van der Waals surface area contributed by atoms with Crippen molar-refractivity contribution in [1.29, 1.82) is 0 Å². The van der Waals surface area contributed by atoms with Crippen LogP contribution in [0.15, 0.2) is 21.3 Å². The standard InChI is InChI=1S/C12H11Cl3N2O3S/c1-2-10(21-5-9-16-17-12(18)19-9)20-11-7(14)3-6(13)4-8(11)15/h3-4,10H,2,5H2,1H3,(H,17,18). The molecular formula is C12H11Cl3N2O3S. The van der Waals surface area contributed by atoms with Gasteiger partial charge in [-0.3, -0.25) is 0 Å². The van der Waals surface area contributed by atoms with Gasteiger partial charge in [0.05, 0.1) is 15.8 Å². The van der Waals surface area contributed by atoms with Crippen molar-refractivity contribution in [3.8, 4) is 5.75 Å². The summed E-state index contributed by atoms with van der Waals surface area (Å²) in [4.78, 5) is 10.8. The van der Waals surface area contributed by atoms with Gasteiger partial charge in [0.1, 0.15) is 5.44 Å². The Bertz CT molecular complexity index is 651. The lowest BCUT2D eigenvalue weighted by Gasteiger charge is -2.18. The normalized spacial score (nSPS) is 12.4. The third-order valence-electron chi connectivity index (χ3n) is 2.42. The van der Waals surface area contributed by atoms with Crippen LogP contribution in [0.4, 0.5) is 0 Å². The van der Waals surface area contributed by atoms with E-state index in [1.807, 2.05) is 6.92 Å². The number of nitrogens with zero attached hydrogens (tertiary/aromatic N) is 1. The van der Waals surface area contributed by atoms with Gasteiger partial charge in [-0.05, 0) is 18.6 Å². The predicted molar refractivity (Wildman–Crippen MR) is 84.6 cm³/mol. The monoisotopic (exact) mass is 368 g/mol. The van der Waals surface area contributed by atoms with Crippen LogP contribution in [0.3, 0.4) is 0 Å². The molecule has 1 heterocycles. The largest absolute Gasteiger partial charge is 0.477 e. The Kier molecular flexibility index (Phi) is 5.87. The van der Waals surface area contributed by atoms with E-state index in [0.717, 1.165) is 0 Å². The highest BCUT2D eigenvalue weighted by molar-refractivity contribution is 7.99. The Morgan fingerprint density at radius 2 is 2.05 bits per heavy atom. The highest BCUT2D eigenvalue weighted by Gasteiger charge is 2.16. The third kappa shape index (κ3) is 4.57. The van der Waals surface area contributed by atoms with Gasteiger partial charge in [-0.25, -0.2) is 9.89 Å². The van der Waals surface area contributed by atoms with Crippen LogP contribution in [-0.4, -0.2) is 15.6 Å². The summed E-state index contributed by atoms with van der Waals surface area (Å²) in [6.07, 6.45) is 0.703. The number of ether oxygens (including phenoxy) is 1. The molecule has 1 atom stereocenters. The molecule has 0 spiro atoms. The van der Waals surface area contributed by atoms with Crippen LogP contribution in [-0.2, 0) is 5.75 Å². The summed E-state index contributed by atoms with van der Waals surface area (Å²) in [6, 6.07) is 3.13. The Labute approximate surface area is 139 Å². The number of thioether (sulfide) groups is 1. The van der Waals surface area contributed by atoms with Crippen molar-refractivity contribution in [2.24, 2.45) is 0 Å². The summed E-state index contributed by atoms with van der Waals surface area (Å²) in [5.74, 6) is 0.495. The number of benzene rings is 1. The second-order valence-electron chi connectivity index (χ2n) is 3.97. The van der Waals surface area contributed by atoms with Crippen LogP contribution in [0.5, 0.6) is 5.75 Å². The number of rotatable bonds is 6. The van der Waals surface area contributed by atoms with Gasteiger partial charge < -0.3 is 9.15 Å². The van der Waals surface area contributed by atoms with Gasteiger partial charge in [0, 0.05) is 5.02 Å². The van der Waals surface area contributed by atoms with E-state index < -0.39 is 5.76 Å². The van der Waals surface area contributed by atoms with E-state index in [0.29, 0.717) is 38.9 Å². The van der Waals surface area contributed by atoms with Gasteiger partial charge in [0.25, 0.3) is 0 Å². The molecule has 2 rings (SSSR count). The van der Waals surface area contributed by atoms with Crippen LogP contribution in [0.25, 0.3) is 0 Å². The molecule has 1 aromatic heterocycles. The lowest BCUT2D eigenvalue weighted by Crippen LogP contribution is -2.12. The first-order valence-electron chi connectivity index (χ1n) is 5.96. The molecule has 0 aliphatic heterocycles. The molecule has 0 aliphatic rings. The van der Waals surface area contributed by atoms with Gasteiger partial charge in [-0.15, -0.1) is 16.9 Å². The third-order valence-corrected chi connectivity index (χ3v) is 4.42. The first kappa shape index (κ1) is 16.5. The van der Waals surface area contributed by atoms with E-state index in [4.69, 9.17) is 44.0 Å². The highest BCUT2D eigenvalue weighted by atomic mass is 35.5. The quantitative estimate of drug-likeness (QED) is 0.766. The Morgan fingerprint density at radius 3 is 2.57 bits per heavy atom. The lowest BCUT2D eigenvalue weighted by molar-refractivity contribution is 0.283. The first-order valence-corrected chi connectivity index (χ1v) is 8.15. The maximum Gasteiger partial charge on any atom is 0.434 e. The minimum Gasteiger partial charge on any atom is -0.477 e. The van der Waals surface area contributed by atoms with Gasteiger partial charge in [0.15, 0.2) is 5.75 Å². The molecule has 21 heavy (non-hydrogen) atoms. The number of aromatic amines is 1. The second-order valence-corrected chi connectivity index (χ2v) is 6.37. The first-order chi connectivity index (χ1) is 9.99. The molecule has 1 unspecified atom stereocenters. The predicted octanol–water partition coefficient (Wildman–Crippen LogP) is 4.37. The fourth-order valence-electron chi connectivity index (χ4n) is 1.49. The summed E-state index contributed by atoms with van der Waals surface area (Å²) < 4.78 is 10.6. The van der Waals surface area contributed by atoms with Crippen LogP contribution in [0.1, 0.15) is 19.2 Å². The fraction of sp³-hybridized carbons (Fsp3) is 0.333. The van der Waals surface area contributed by atoms with Crippen molar-refractivity contribution < 1.29 is 9.15 Å². The molecule has 5 nitrogen and oxygen atoms in total. The summed E-state index contributed by atoms with van der Waals surface area (Å²) in [5.41, 5.74) is -0.219. The number of H-pyrrole nitrogens is 1. The topological polar surface area (TPSA) is 68.1 Å². The zero-order valence-corrected chi connectivity index (χ0v) is 13.9. The molecule has 1 aromatic carbocycles. The smallest absolute Gasteiger partial charge is 0.434 e. The van der Waals surface area contributed by atoms with Crippen molar-refractivity contribution >= 4 is 46.6 Å². The maximum atomic E-state index is 10.8. The zero-order valence-electron chi connectivity index (χ0n) is 10.9. The summed E-state index contributed by atoms with van der Waals surface area (Å²) >= 11 is 19.4. The van der Waals surface area contributed by atoms with Crippen LogP contribution < -0.4 is 10.5 Å². The van der Waals surface area contributed by atoms with E-state index in [2.05, 4.69) is 10.2 Å². The maximum absolute atomic E-state index is 10.8. The van der Waals surface area contributed by atoms with Crippen LogP contribution in [0, 0.1) is 0 Å². The van der Waals surface area contributed by atoms with E-state index in [1.54, 1.807) is 12.1 Å². The molecule has 9 heteroatoms. The number of hydrogen-bond acceptors (Lipinski definition) is 5. The second kappa shape index (κ2) is 7.45. The van der Waals surface area contributed by atoms with Crippen molar-refractivity contribution in [1.82, 2.24) is 10.2 Å². The van der Waals surface area contributed by atoms with E-state index in [-0.39, 0.29) is 5.44 Å². The molecule has 0 aliphatic carbocycles. The van der Waals surface area contributed by atoms with Crippen molar-refractivity contribution in [3.63, 3.8) is 0 Å². The van der Waals surface area contributed by atoms with E-state index >= 15 is 0 Å². The molecule has 0 radical (unpaired) electrons. The summed E-state index contributed by atoms with van der Waals surface area (Å²) in [6.45, 7) is 1.95. The van der Waals surface area contributed by atoms with Gasteiger partial charge in [-0.2, -0.15) is 0 Å². The Balaban J connectivity index is 2.04. The number of nitrogens with one attached hydrogen (secondary N) is 1. The molecule has 0 amide bonds. The van der Waals surface area contributed by atoms with Crippen molar-refractivity contribution in [2.75, 3.05) is 0 Å². The average molecular weight is 370 g/mol. The Hall–Kier alpha value is -0.820. The molecule has 0 bridgehead atoms. The average Bonchev–Trinajstić information content (AvgIpc) is 2.83. The van der Waals surface area contributed by atoms with Crippen LogP contribution >= 0.6 is 46.6 Å². The van der Waals surface area contributed by atoms with Crippen molar-refractivity contribution in [2.45, 2.75) is 24.5 Å². The zero-order chi connectivity index (χ0) is 15.4. The Morgan fingerprint density at radius 1 is 1.38 bits per heavy atom. The number of halogens is 3. The molecule has 2 aromatic rings. The van der Waals surface area contributed by atoms with Gasteiger partial charge in [-0.1, -0.05) is 41.7 Å². The number of aromatic nitrogens is 2. The van der Waals surface area contributed by atoms with Crippen molar-refractivity contribution in [3.05, 3.63) is 43.6 Å². The minimum atomic E-state index is -0.580. The lowest BCUT2D eigenvalue weighted by atomic mass is 10.3. The molecular weight excluding hydrogens is 359 g/mol. The summed E-state index contributed by atoms with van der Waals surface area (Å²) in [5, 5.41) is 7.06.